The molecule has 0 aliphatic heterocycles. The smallest absolute Gasteiger partial charge is 0.0781 e. The molecule has 3 aromatic rings. The summed E-state index contributed by atoms with van der Waals surface area (Å²) in [7, 11) is 0. The first kappa shape index (κ1) is 13.6. The van der Waals surface area contributed by atoms with Crippen LogP contribution in [0, 0.1) is 0 Å². The monoisotopic (exact) mass is 300 g/mol. The van der Waals surface area contributed by atoms with E-state index >= 15 is 0 Å². The number of thioether (sulfide) groups is 1. The second-order valence-electron chi connectivity index (χ2n) is 4.46. The Morgan fingerprint density at radius 1 is 1.05 bits per heavy atom. The number of hydrogen-bond acceptors (Lipinski definition) is 3. The van der Waals surface area contributed by atoms with Gasteiger partial charge in [-0.1, -0.05) is 36.0 Å². The molecule has 0 atom stereocenters. The third kappa shape index (κ3) is 2.59. The predicted molar refractivity (Wildman–Crippen MR) is 88.5 cm³/mol. The van der Waals surface area contributed by atoms with Crippen molar-refractivity contribution < 1.29 is 0 Å². The number of fused-ring (bicyclic) bond motifs is 1. The van der Waals surface area contributed by atoms with Crippen molar-refractivity contribution in [2.75, 3.05) is 6.26 Å². The number of aromatic nitrogens is 1. The lowest BCUT2D eigenvalue weighted by atomic mass is 10.2. The van der Waals surface area contributed by atoms with Gasteiger partial charge in [0.2, 0.25) is 0 Å². The number of aromatic amines is 1. The summed E-state index contributed by atoms with van der Waals surface area (Å²) in [6.45, 7) is 0.569. The predicted octanol–water partition coefficient (Wildman–Crippen LogP) is 4.50. The van der Waals surface area contributed by atoms with Gasteiger partial charge in [-0.3, -0.25) is 0 Å². The molecule has 0 unspecified atom stereocenters. The van der Waals surface area contributed by atoms with Gasteiger partial charge in [-0.25, -0.2) is 0 Å². The summed E-state index contributed by atoms with van der Waals surface area (Å²) in [6, 6.07) is 16.9. The van der Waals surface area contributed by atoms with E-state index in [2.05, 4.69) is 53.7 Å². The van der Waals surface area contributed by atoms with Crippen LogP contribution in [0.2, 0.25) is 0 Å². The first-order valence-electron chi connectivity index (χ1n) is 6.43. The Morgan fingerprint density at radius 2 is 1.85 bits per heavy atom. The normalized spacial score (nSPS) is 11.1. The second-order valence-corrected chi connectivity index (χ2v) is 6.40. The lowest BCUT2D eigenvalue weighted by molar-refractivity contribution is 0.979. The molecule has 2 aromatic carbocycles. The number of nitrogens with one attached hydrogen (secondary N) is 1. The molecule has 0 aliphatic rings. The number of nitrogens with two attached hydrogens (primary N) is 1. The lowest BCUT2D eigenvalue weighted by Crippen LogP contribution is -2.00. The highest BCUT2D eigenvalue weighted by molar-refractivity contribution is 7.99. The summed E-state index contributed by atoms with van der Waals surface area (Å²) < 4.78 is 0. The second kappa shape index (κ2) is 5.95. The van der Waals surface area contributed by atoms with Crippen LogP contribution in [0.15, 0.2) is 63.3 Å². The van der Waals surface area contributed by atoms with Gasteiger partial charge in [-0.15, -0.1) is 11.8 Å². The molecule has 0 amide bonds. The van der Waals surface area contributed by atoms with E-state index < -0.39 is 0 Å². The van der Waals surface area contributed by atoms with Crippen molar-refractivity contribution in [1.29, 1.82) is 0 Å². The zero-order valence-corrected chi connectivity index (χ0v) is 12.9. The Bertz CT molecular complexity index is 701. The van der Waals surface area contributed by atoms with Crippen LogP contribution in [-0.4, -0.2) is 11.2 Å². The van der Waals surface area contributed by atoms with Crippen LogP contribution in [0.1, 0.15) is 5.56 Å². The Labute approximate surface area is 127 Å². The summed E-state index contributed by atoms with van der Waals surface area (Å²) >= 11 is 3.49. The molecule has 102 valence electrons. The first-order chi connectivity index (χ1) is 9.81. The molecular formula is C16H16N2S2. The summed E-state index contributed by atoms with van der Waals surface area (Å²) in [5, 5.41) is 2.39. The van der Waals surface area contributed by atoms with Crippen molar-refractivity contribution in [2.45, 2.75) is 21.4 Å². The van der Waals surface area contributed by atoms with Crippen LogP contribution < -0.4 is 5.73 Å². The van der Waals surface area contributed by atoms with Crippen LogP contribution in [0.25, 0.3) is 10.9 Å². The largest absolute Gasteiger partial charge is 0.349 e. The highest BCUT2D eigenvalue weighted by Gasteiger charge is 2.09. The van der Waals surface area contributed by atoms with Crippen LogP contribution in [-0.2, 0) is 6.54 Å². The van der Waals surface area contributed by atoms with Gasteiger partial charge >= 0.3 is 0 Å². The molecule has 1 aromatic heterocycles. The molecular weight excluding hydrogens is 284 g/mol. The number of para-hydroxylation sites is 1. The molecule has 20 heavy (non-hydrogen) atoms. The number of H-pyrrole nitrogens is 1. The lowest BCUT2D eigenvalue weighted by Gasteiger charge is -2.10. The maximum Gasteiger partial charge on any atom is 0.0781 e. The van der Waals surface area contributed by atoms with Crippen molar-refractivity contribution in [3.8, 4) is 0 Å². The van der Waals surface area contributed by atoms with E-state index in [1.807, 2.05) is 6.07 Å². The Kier molecular flexibility index (Phi) is 4.05. The number of hydrogen-bond donors (Lipinski definition) is 2. The molecule has 0 spiro atoms. The van der Waals surface area contributed by atoms with Crippen LogP contribution >= 0.6 is 23.5 Å². The van der Waals surface area contributed by atoms with Crippen LogP contribution in [0.3, 0.4) is 0 Å². The van der Waals surface area contributed by atoms with Crippen molar-refractivity contribution in [3.63, 3.8) is 0 Å². The van der Waals surface area contributed by atoms with Crippen molar-refractivity contribution in [1.82, 2.24) is 4.98 Å². The fourth-order valence-electron chi connectivity index (χ4n) is 2.25. The Morgan fingerprint density at radius 3 is 2.60 bits per heavy atom. The Balaban J connectivity index is 1.98. The van der Waals surface area contributed by atoms with Gasteiger partial charge in [-0.2, -0.15) is 0 Å². The molecule has 3 N–H and O–H groups in total. The van der Waals surface area contributed by atoms with Crippen molar-refractivity contribution in [2.24, 2.45) is 5.73 Å². The third-order valence-corrected chi connectivity index (χ3v) is 5.10. The number of rotatable bonds is 4. The fourth-order valence-corrected chi connectivity index (χ4v) is 4.02. The Hall–Kier alpha value is -1.36. The number of benzene rings is 2. The summed E-state index contributed by atoms with van der Waals surface area (Å²) in [5.41, 5.74) is 8.32. The van der Waals surface area contributed by atoms with E-state index in [0.717, 1.165) is 5.03 Å². The molecule has 3 rings (SSSR count). The molecule has 0 fully saturated rings. The third-order valence-electron chi connectivity index (χ3n) is 3.24. The molecule has 0 bridgehead atoms. The maximum absolute atomic E-state index is 5.92. The minimum Gasteiger partial charge on any atom is -0.349 e. The zero-order valence-electron chi connectivity index (χ0n) is 11.2. The van der Waals surface area contributed by atoms with Crippen molar-refractivity contribution >= 4 is 34.4 Å². The minimum absolute atomic E-state index is 0.569. The summed E-state index contributed by atoms with van der Waals surface area (Å²) in [6.07, 6.45) is 2.09. The van der Waals surface area contributed by atoms with Gasteiger partial charge in [0.05, 0.1) is 5.03 Å². The molecule has 0 radical (unpaired) electrons. The van der Waals surface area contributed by atoms with Crippen LogP contribution in [0.4, 0.5) is 0 Å². The topological polar surface area (TPSA) is 41.8 Å². The maximum atomic E-state index is 5.92. The molecule has 0 aliphatic carbocycles. The standard InChI is InChI=1S/C16H16N2S2/c1-19-14-7-4-8-15(12(14)10-17)20-16-9-11-5-2-3-6-13(11)18-16/h2-9,18H,10,17H2,1H3. The highest BCUT2D eigenvalue weighted by atomic mass is 32.2. The molecule has 0 saturated heterocycles. The van der Waals surface area contributed by atoms with Gasteiger partial charge in [0.1, 0.15) is 0 Å². The highest BCUT2D eigenvalue weighted by Crippen LogP contribution is 2.35. The quantitative estimate of drug-likeness (QED) is 0.697. The summed E-state index contributed by atoms with van der Waals surface area (Å²) in [4.78, 5) is 5.93. The summed E-state index contributed by atoms with van der Waals surface area (Å²) in [5.74, 6) is 0. The van der Waals surface area contributed by atoms with E-state index in [1.54, 1.807) is 23.5 Å². The van der Waals surface area contributed by atoms with Gasteiger partial charge in [0.15, 0.2) is 0 Å². The minimum atomic E-state index is 0.569. The van der Waals surface area contributed by atoms with E-state index in [-0.39, 0.29) is 0 Å². The average molecular weight is 300 g/mol. The molecule has 1 heterocycles. The average Bonchev–Trinajstić information content (AvgIpc) is 2.89. The zero-order chi connectivity index (χ0) is 13.9. The van der Waals surface area contributed by atoms with Gasteiger partial charge < -0.3 is 10.7 Å². The molecule has 0 saturated carbocycles. The SMILES string of the molecule is CSc1cccc(Sc2cc3ccccc3[nH]2)c1CN. The fraction of sp³-hybridized carbons (Fsp3) is 0.125. The van der Waals surface area contributed by atoms with E-state index in [4.69, 9.17) is 5.73 Å². The van der Waals surface area contributed by atoms with E-state index in [1.165, 1.54) is 26.3 Å². The van der Waals surface area contributed by atoms with E-state index in [0.29, 0.717) is 6.54 Å². The molecule has 2 nitrogen and oxygen atoms in total. The van der Waals surface area contributed by atoms with Gasteiger partial charge in [0.25, 0.3) is 0 Å². The van der Waals surface area contributed by atoms with Gasteiger partial charge in [-0.05, 0) is 36.1 Å². The van der Waals surface area contributed by atoms with Crippen LogP contribution in [0.5, 0.6) is 0 Å². The van der Waals surface area contributed by atoms with Gasteiger partial charge in [0, 0.05) is 27.2 Å². The first-order valence-corrected chi connectivity index (χ1v) is 8.47. The van der Waals surface area contributed by atoms with Crippen molar-refractivity contribution in [3.05, 3.63) is 54.1 Å². The van der Waals surface area contributed by atoms with E-state index in [9.17, 15) is 0 Å². The molecule has 4 heteroatoms.